The van der Waals surface area contributed by atoms with E-state index in [1.165, 1.54) is 0 Å². The number of rotatable bonds is 5. The van der Waals surface area contributed by atoms with Crippen molar-refractivity contribution in [2.45, 2.75) is 38.8 Å². The Bertz CT molecular complexity index is 126. The zero-order valence-corrected chi connectivity index (χ0v) is 7.30. The average Bonchev–Trinajstić information content (AvgIpc) is 1.97. The zero-order valence-electron chi connectivity index (χ0n) is 7.30. The van der Waals surface area contributed by atoms with E-state index in [-0.39, 0.29) is 12.1 Å². The van der Waals surface area contributed by atoms with Gasteiger partial charge in [-0.1, -0.05) is 19.3 Å². The van der Waals surface area contributed by atoms with Gasteiger partial charge in [-0.3, -0.25) is 0 Å². The lowest BCUT2D eigenvalue weighted by molar-refractivity contribution is 0.188. The highest BCUT2D eigenvalue weighted by atomic mass is 16.3. The van der Waals surface area contributed by atoms with E-state index in [1.54, 1.807) is 6.92 Å². The molecule has 0 aliphatic carbocycles. The Balaban J connectivity index is 3.46. The van der Waals surface area contributed by atoms with Gasteiger partial charge in [0.1, 0.15) is 0 Å². The van der Waals surface area contributed by atoms with Gasteiger partial charge in [-0.05, 0) is 13.3 Å². The topological polar surface area (TPSA) is 32.3 Å². The number of aliphatic hydroxyl groups is 1. The number of hydrogen-bond acceptors (Lipinski definition) is 2. The number of hydrogen-bond donors (Lipinski definition) is 2. The van der Waals surface area contributed by atoms with Gasteiger partial charge in [-0.2, -0.15) is 0 Å². The van der Waals surface area contributed by atoms with Crippen molar-refractivity contribution in [1.29, 1.82) is 0 Å². The molecular weight excluding hydrogens is 138 g/mol. The molecule has 0 aromatic heterocycles. The van der Waals surface area contributed by atoms with Crippen molar-refractivity contribution in [2.75, 3.05) is 6.54 Å². The van der Waals surface area contributed by atoms with Crippen LogP contribution in [-0.2, 0) is 0 Å². The van der Waals surface area contributed by atoms with Crippen LogP contribution in [0.5, 0.6) is 0 Å². The second-order valence-electron chi connectivity index (χ2n) is 2.77. The SMILES string of the molecule is C#CC(CCC)NCC(C)O. The molecule has 11 heavy (non-hydrogen) atoms. The third-order valence-electron chi connectivity index (χ3n) is 1.44. The fourth-order valence-electron chi connectivity index (χ4n) is 0.846. The van der Waals surface area contributed by atoms with Crippen molar-refractivity contribution < 1.29 is 5.11 Å². The normalized spacial score (nSPS) is 15.5. The Morgan fingerprint density at radius 2 is 2.27 bits per heavy atom. The predicted molar refractivity (Wildman–Crippen MR) is 47.2 cm³/mol. The summed E-state index contributed by atoms with van der Waals surface area (Å²) in [6.45, 7) is 4.41. The summed E-state index contributed by atoms with van der Waals surface area (Å²) in [5.74, 6) is 2.64. The fourth-order valence-corrected chi connectivity index (χ4v) is 0.846. The minimum atomic E-state index is -0.317. The van der Waals surface area contributed by atoms with Crippen LogP contribution in [0, 0.1) is 12.3 Å². The highest BCUT2D eigenvalue weighted by Crippen LogP contribution is 1.94. The largest absolute Gasteiger partial charge is 0.392 e. The van der Waals surface area contributed by atoms with Gasteiger partial charge in [0.2, 0.25) is 0 Å². The van der Waals surface area contributed by atoms with Crippen LogP contribution in [-0.4, -0.2) is 23.8 Å². The molecule has 0 aliphatic rings. The highest BCUT2D eigenvalue weighted by molar-refractivity contribution is 4.98. The summed E-state index contributed by atoms with van der Waals surface area (Å²) in [4.78, 5) is 0. The molecule has 0 saturated heterocycles. The van der Waals surface area contributed by atoms with E-state index >= 15 is 0 Å². The molecule has 0 aromatic carbocycles. The summed E-state index contributed by atoms with van der Waals surface area (Å²) in [6.07, 6.45) is 6.98. The van der Waals surface area contributed by atoms with E-state index in [0.29, 0.717) is 6.54 Å². The maximum absolute atomic E-state index is 8.93. The number of terminal acetylenes is 1. The summed E-state index contributed by atoms with van der Waals surface area (Å²) in [6, 6.07) is 0.120. The summed E-state index contributed by atoms with van der Waals surface area (Å²) in [5, 5.41) is 12.0. The molecule has 2 nitrogen and oxygen atoms in total. The maximum Gasteiger partial charge on any atom is 0.0687 e. The maximum atomic E-state index is 8.93. The lowest BCUT2D eigenvalue weighted by atomic mass is 10.2. The van der Waals surface area contributed by atoms with E-state index in [9.17, 15) is 0 Å². The molecule has 0 saturated carbocycles. The number of aliphatic hydroxyl groups excluding tert-OH is 1. The molecule has 0 aliphatic heterocycles. The van der Waals surface area contributed by atoms with Gasteiger partial charge < -0.3 is 10.4 Å². The Labute approximate surface area is 69.0 Å². The van der Waals surface area contributed by atoms with Gasteiger partial charge in [0.25, 0.3) is 0 Å². The van der Waals surface area contributed by atoms with Crippen molar-refractivity contribution in [3.8, 4) is 12.3 Å². The van der Waals surface area contributed by atoms with Crippen LogP contribution in [0.2, 0.25) is 0 Å². The molecule has 2 heteroatoms. The first-order chi connectivity index (χ1) is 5.20. The van der Waals surface area contributed by atoms with Gasteiger partial charge in [0.15, 0.2) is 0 Å². The Morgan fingerprint density at radius 3 is 2.64 bits per heavy atom. The Morgan fingerprint density at radius 1 is 1.64 bits per heavy atom. The second kappa shape index (κ2) is 6.21. The van der Waals surface area contributed by atoms with Gasteiger partial charge >= 0.3 is 0 Å². The molecule has 0 aromatic rings. The van der Waals surface area contributed by atoms with Gasteiger partial charge in [-0.15, -0.1) is 6.42 Å². The van der Waals surface area contributed by atoms with E-state index in [1.807, 2.05) is 0 Å². The van der Waals surface area contributed by atoms with E-state index in [0.717, 1.165) is 12.8 Å². The molecule has 0 radical (unpaired) electrons. The average molecular weight is 155 g/mol. The molecule has 0 spiro atoms. The van der Waals surface area contributed by atoms with Crippen molar-refractivity contribution in [3.05, 3.63) is 0 Å². The van der Waals surface area contributed by atoms with Crippen LogP contribution in [0.4, 0.5) is 0 Å². The zero-order chi connectivity index (χ0) is 8.69. The second-order valence-corrected chi connectivity index (χ2v) is 2.77. The van der Waals surface area contributed by atoms with Gasteiger partial charge in [0, 0.05) is 6.54 Å². The smallest absolute Gasteiger partial charge is 0.0687 e. The fraction of sp³-hybridized carbons (Fsp3) is 0.778. The standard InChI is InChI=1S/C9H17NO/c1-4-6-9(5-2)10-7-8(3)11/h2,8-11H,4,6-7H2,1,3H3. The van der Waals surface area contributed by atoms with E-state index < -0.39 is 0 Å². The lowest BCUT2D eigenvalue weighted by Crippen LogP contribution is -2.33. The predicted octanol–water partition coefficient (Wildman–Crippen LogP) is 0.759. The van der Waals surface area contributed by atoms with Gasteiger partial charge in [-0.25, -0.2) is 0 Å². The van der Waals surface area contributed by atoms with Gasteiger partial charge in [0.05, 0.1) is 12.1 Å². The third kappa shape index (κ3) is 5.90. The van der Waals surface area contributed by atoms with Crippen LogP contribution >= 0.6 is 0 Å². The van der Waals surface area contributed by atoms with Crippen LogP contribution in [0.1, 0.15) is 26.7 Å². The first kappa shape index (κ1) is 10.5. The van der Waals surface area contributed by atoms with Crippen LogP contribution in [0.15, 0.2) is 0 Å². The molecule has 0 amide bonds. The molecule has 64 valence electrons. The molecule has 2 unspecified atom stereocenters. The Kier molecular flexibility index (Phi) is 5.91. The molecule has 0 rings (SSSR count). The summed E-state index contributed by atoms with van der Waals surface area (Å²) < 4.78 is 0. The molecule has 2 N–H and O–H groups in total. The summed E-state index contributed by atoms with van der Waals surface area (Å²) >= 11 is 0. The molecule has 2 atom stereocenters. The minimum absolute atomic E-state index is 0.120. The summed E-state index contributed by atoms with van der Waals surface area (Å²) in [7, 11) is 0. The minimum Gasteiger partial charge on any atom is -0.392 e. The quantitative estimate of drug-likeness (QED) is 0.574. The molecular formula is C9H17NO. The first-order valence-electron chi connectivity index (χ1n) is 4.08. The van der Waals surface area contributed by atoms with E-state index in [4.69, 9.17) is 11.5 Å². The van der Waals surface area contributed by atoms with Crippen molar-refractivity contribution in [2.24, 2.45) is 0 Å². The molecule has 0 fully saturated rings. The van der Waals surface area contributed by atoms with E-state index in [2.05, 4.69) is 18.2 Å². The molecule has 0 heterocycles. The lowest BCUT2D eigenvalue weighted by Gasteiger charge is -2.12. The van der Waals surface area contributed by atoms with Crippen LogP contribution in [0.3, 0.4) is 0 Å². The third-order valence-corrected chi connectivity index (χ3v) is 1.44. The Hall–Kier alpha value is -0.520. The molecule has 0 bridgehead atoms. The monoisotopic (exact) mass is 155 g/mol. The first-order valence-corrected chi connectivity index (χ1v) is 4.08. The van der Waals surface area contributed by atoms with Crippen molar-refractivity contribution in [3.63, 3.8) is 0 Å². The van der Waals surface area contributed by atoms with Crippen molar-refractivity contribution in [1.82, 2.24) is 5.32 Å². The van der Waals surface area contributed by atoms with Crippen LogP contribution in [0.25, 0.3) is 0 Å². The van der Waals surface area contributed by atoms with Crippen molar-refractivity contribution >= 4 is 0 Å². The van der Waals surface area contributed by atoms with Crippen LogP contribution < -0.4 is 5.32 Å². The summed E-state index contributed by atoms with van der Waals surface area (Å²) in [5.41, 5.74) is 0. The number of nitrogens with one attached hydrogen (secondary N) is 1. The highest BCUT2D eigenvalue weighted by Gasteiger charge is 2.02.